The summed E-state index contributed by atoms with van der Waals surface area (Å²) in [7, 11) is 6.86. The summed E-state index contributed by atoms with van der Waals surface area (Å²) < 4.78 is 37.3. The molecule has 0 bridgehead atoms. The van der Waals surface area contributed by atoms with Gasteiger partial charge in [-0.2, -0.15) is 0 Å². The molecule has 0 saturated carbocycles. The van der Waals surface area contributed by atoms with Crippen molar-refractivity contribution >= 4 is 62.6 Å². The van der Waals surface area contributed by atoms with Gasteiger partial charge in [0.1, 0.15) is 23.3 Å². The summed E-state index contributed by atoms with van der Waals surface area (Å²) in [5.41, 5.74) is 7.07. The smallest absolute Gasteiger partial charge is 0.329 e. The molecular weight excluding hydrogens is 921 g/mol. The predicted octanol–water partition coefficient (Wildman–Crippen LogP) is 6.96. The largest absolute Gasteiger partial charge is 0.386 e. The Morgan fingerprint density at radius 3 is 2.39 bits per heavy atom. The minimum Gasteiger partial charge on any atom is -0.386 e. The SMILES string of the molecule is CNc1cc(=O)n(-c2ccnc3c2cc([C@H](C)N2CC=C(c4c(C)cc(C(=O)N(C)c5ccc(N6CCC(Cc7ccc8c(c7)n(C)c(=O)n8[C@@H]7CCC(=O)NC7=O)CC6)nc5)cc4F)CC2)n3C)cc1F. The average molecular weight is 978 g/mol. The standard InChI is InChI=1S/C54H57F2N11O5/c1-31-23-36(26-39(55)50(31)35-16-21-64(22-17-35)32(2)45-27-38-42(13-18-58-51(38)62(45)5)66-30-40(56)41(57-3)28-49(66)69)53(71)61(4)37-8-11-47(59-29-37)65-19-14-33(15-20-65)24-34-7-9-43-46(25-34)63(6)54(72)67(43)44-10-12-48(68)60-52(44)70/h7-9,11,13,16,18,23,25-30,32-33,44,57H,10,12,14-15,17,19-22,24H2,1-6H3,(H,60,68,70)/t32-,44+/m0/s1. The Morgan fingerprint density at radius 2 is 1.69 bits per heavy atom. The number of carbonyl (C=O) groups excluding carboxylic acids is 3. The van der Waals surface area contributed by atoms with Crippen LogP contribution in [0.4, 0.5) is 26.0 Å². The number of imidazole rings is 1. The average Bonchev–Trinajstić information content (AvgIpc) is 3.85. The van der Waals surface area contributed by atoms with E-state index in [9.17, 15) is 28.4 Å². The van der Waals surface area contributed by atoms with Gasteiger partial charge in [-0.15, -0.1) is 0 Å². The summed E-state index contributed by atoms with van der Waals surface area (Å²) in [6.45, 7) is 6.76. The molecule has 2 saturated heterocycles. The number of fused-ring (bicyclic) bond motifs is 2. The van der Waals surface area contributed by atoms with E-state index >= 15 is 4.39 Å². The normalized spacial score (nSPS) is 17.4. The highest BCUT2D eigenvalue weighted by molar-refractivity contribution is 6.06. The number of nitrogens with one attached hydrogen (secondary N) is 2. The molecule has 2 N–H and O–H groups in total. The number of benzene rings is 2. The second-order valence-electron chi connectivity index (χ2n) is 19.4. The zero-order valence-electron chi connectivity index (χ0n) is 41.2. The van der Waals surface area contributed by atoms with Gasteiger partial charge in [0, 0.05) is 101 Å². The fourth-order valence-corrected chi connectivity index (χ4v) is 11.0. The molecule has 7 aromatic rings. The lowest BCUT2D eigenvalue weighted by Crippen LogP contribution is -2.44. The summed E-state index contributed by atoms with van der Waals surface area (Å²) in [6.07, 6.45) is 10.3. The Kier molecular flexibility index (Phi) is 12.7. The molecule has 72 heavy (non-hydrogen) atoms. The maximum atomic E-state index is 16.1. The van der Waals surface area contributed by atoms with Crippen molar-refractivity contribution in [1.29, 1.82) is 0 Å². The molecule has 3 aliphatic rings. The van der Waals surface area contributed by atoms with E-state index in [0.717, 1.165) is 65.9 Å². The van der Waals surface area contributed by atoms with Crippen molar-refractivity contribution in [3.8, 4) is 5.69 Å². The number of anilines is 3. The molecular formula is C54H57F2N11O5. The van der Waals surface area contributed by atoms with E-state index in [1.807, 2.05) is 61.0 Å². The minimum absolute atomic E-state index is 0.0670. The Hall–Kier alpha value is -7.73. The molecule has 2 fully saturated rings. The van der Waals surface area contributed by atoms with E-state index < -0.39 is 23.6 Å². The van der Waals surface area contributed by atoms with Crippen molar-refractivity contribution in [2.75, 3.05) is 55.4 Å². The maximum absolute atomic E-state index is 16.1. The quantitative estimate of drug-likeness (QED) is 0.130. The van der Waals surface area contributed by atoms with Crippen LogP contribution in [0.15, 0.2) is 94.9 Å². The van der Waals surface area contributed by atoms with Gasteiger partial charge in [-0.3, -0.25) is 43.1 Å². The Morgan fingerprint density at radius 1 is 0.903 bits per heavy atom. The van der Waals surface area contributed by atoms with Gasteiger partial charge in [-0.05, 0) is 117 Å². The number of amides is 3. The van der Waals surface area contributed by atoms with Crippen LogP contribution in [0.1, 0.15) is 83.9 Å². The van der Waals surface area contributed by atoms with Crippen LogP contribution in [-0.2, 0) is 30.1 Å². The van der Waals surface area contributed by atoms with Crippen LogP contribution in [-0.4, -0.2) is 91.1 Å². The van der Waals surface area contributed by atoms with E-state index in [2.05, 4.69) is 32.3 Å². The number of hydrogen-bond acceptors (Lipinski definition) is 10. The summed E-state index contributed by atoms with van der Waals surface area (Å²) in [5, 5.41) is 5.79. The van der Waals surface area contributed by atoms with Gasteiger partial charge in [0.15, 0.2) is 5.82 Å². The van der Waals surface area contributed by atoms with Crippen molar-refractivity contribution in [3.05, 3.63) is 146 Å². The summed E-state index contributed by atoms with van der Waals surface area (Å²) in [5.74, 6) is -0.874. The number of piperidine rings is 2. The van der Waals surface area contributed by atoms with Crippen LogP contribution in [0.5, 0.6) is 0 Å². The fraction of sp³-hybridized carbons (Fsp3) is 0.352. The highest BCUT2D eigenvalue weighted by Crippen LogP contribution is 2.35. The third-order valence-electron chi connectivity index (χ3n) is 15.1. The van der Waals surface area contributed by atoms with Gasteiger partial charge in [-0.25, -0.2) is 23.5 Å². The number of aryl methyl sites for hydroxylation is 3. The molecule has 3 amide bonds. The van der Waals surface area contributed by atoms with E-state index in [1.54, 1.807) is 50.2 Å². The molecule has 18 heteroatoms. The minimum atomic E-state index is -0.721. The first kappa shape index (κ1) is 47.9. The molecule has 0 aliphatic carbocycles. The van der Waals surface area contributed by atoms with E-state index in [1.165, 1.54) is 32.4 Å². The van der Waals surface area contributed by atoms with Gasteiger partial charge in [0.2, 0.25) is 11.8 Å². The van der Waals surface area contributed by atoms with Crippen LogP contribution in [0.3, 0.4) is 0 Å². The van der Waals surface area contributed by atoms with E-state index in [4.69, 9.17) is 4.98 Å². The summed E-state index contributed by atoms with van der Waals surface area (Å²) >= 11 is 0. The van der Waals surface area contributed by atoms with Gasteiger partial charge in [0.05, 0.1) is 40.5 Å². The lowest BCUT2D eigenvalue weighted by Gasteiger charge is -2.33. The summed E-state index contributed by atoms with van der Waals surface area (Å²) in [6, 6.07) is 17.0. The Bertz CT molecular complexity index is 3450. The first-order valence-electron chi connectivity index (χ1n) is 24.4. The zero-order chi connectivity index (χ0) is 50.7. The van der Waals surface area contributed by atoms with Crippen molar-refractivity contribution in [2.45, 2.75) is 64.5 Å². The number of nitrogens with zero attached hydrogens (tertiary/aromatic N) is 9. The topological polar surface area (TPSA) is 165 Å². The number of aromatic nitrogens is 6. The van der Waals surface area contributed by atoms with Crippen LogP contribution in [0.2, 0.25) is 0 Å². The number of halogens is 2. The Labute approximate surface area is 414 Å². The molecule has 2 atom stereocenters. The number of rotatable bonds is 11. The van der Waals surface area contributed by atoms with Crippen LogP contribution in [0, 0.1) is 24.5 Å². The number of hydrogen-bond donors (Lipinski definition) is 2. The van der Waals surface area contributed by atoms with Crippen molar-refractivity contribution < 1.29 is 23.2 Å². The number of carbonyl (C=O) groups is 3. The second-order valence-corrected chi connectivity index (χ2v) is 19.4. The fourth-order valence-electron chi connectivity index (χ4n) is 11.0. The molecule has 5 aromatic heterocycles. The third kappa shape index (κ3) is 8.66. The first-order chi connectivity index (χ1) is 34.6. The maximum Gasteiger partial charge on any atom is 0.329 e. The van der Waals surface area contributed by atoms with Crippen molar-refractivity contribution in [1.82, 2.24) is 38.5 Å². The molecule has 16 nitrogen and oxygen atoms in total. The number of imide groups is 1. The van der Waals surface area contributed by atoms with Gasteiger partial charge in [-0.1, -0.05) is 12.1 Å². The third-order valence-corrected chi connectivity index (χ3v) is 15.1. The molecule has 0 spiro atoms. The molecule has 0 radical (unpaired) electrons. The van der Waals surface area contributed by atoms with E-state index in [-0.39, 0.29) is 46.8 Å². The van der Waals surface area contributed by atoms with E-state index in [0.29, 0.717) is 65.5 Å². The zero-order valence-corrected chi connectivity index (χ0v) is 41.2. The molecule has 3 aliphatic heterocycles. The van der Waals surface area contributed by atoms with Crippen LogP contribution in [0.25, 0.3) is 33.3 Å². The van der Waals surface area contributed by atoms with Crippen LogP contribution < -0.4 is 31.7 Å². The van der Waals surface area contributed by atoms with Gasteiger partial charge >= 0.3 is 5.69 Å². The van der Waals surface area contributed by atoms with Gasteiger partial charge < -0.3 is 19.7 Å². The molecule has 2 aromatic carbocycles. The molecule has 10 rings (SSSR count). The first-order valence-corrected chi connectivity index (χ1v) is 24.4. The monoisotopic (exact) mass is 977 g/mol. The highest BCUT2D eigenvalue weighted by Gasteiger charge is 2.32. The summed E-state index contributed by atoms with van der Waals surface area (Å²) in [4.78, 5) is 79.8. The predicted molar refractivity (Wildman–Crippen MR) is 274 cm³/mol. The van der Waals surface area contributed by atoms with Crippen LogP contribution >= 0.6 is 0 Å². The highest BCUT2D eigenvalue weighted by atomic mass is 19.1. The lowest BCUT2D eigenvalue weighted by molar-refractivity contribution is -0.135. The second kappa shape index (κ2) is 19.1. The number of pyridine rings is 3. The molecule has 0 unspecified atom stereocenters. The van der Waals surface area contributed by atoms with Crippen molar-refractivity contribution in [3.63, 3.8) is 0 Å². The molecule has 372 valence electrons. The van der Waals surface area contributed by atoms with Crippen molar-refractivity contribution in [2.24, 2.45) is 20.0 Å². The Balaban J connectivity index is 0.756. The van der Waals surface area contributed by atoms with Gasteiger partial charge in [0.25, 0.3) is 11.5 Å². The molecule has 8 heterocycles. The lowest BCUT2D eigenvalue weighted by atomic mass is 9.90.